The van der Waals surface area contributed by atoms with E-state index in [0.29, 0.717) is 16.9 Å². The molecule has 3 rings (SSSR count). The van der Waals surface area contributed by atoms with Gasteiger partial charge < -0.3 is 0 Å². The average Bonchev–Trinajstić information content (AvgIpc) is 2.92. The van der Waals surface area contributed by atoms with Crippen molar-refractivity contribution in [3.05, 3.63) is 45.7 Å². The van der Waals surface area contributed by atoms with Crippen molar-refractivity contribution >= 4 is 27.5 Å². The molecule has 0 spiro atoms. The number of rotatable bonds is 2. The van der Waals surface area contributed by atoms with E-state index < -0.39 is 0 Å². The maximum atomic E-state index is 6.16. The number of benzene rings is 1. The van der Waals surface area contributed by atoms with Crippen LogP contribution in [0.4, 0.5) is 0 Å². The second-order valence-electron chi connectivity index (χ2n) is 4.90. The standard InChI is InChI=1S/C15H14BrClN2/c16-12-8-4-3-7-11(12)15-18-13(9-14(17)19-15)10-5-1-2-6-10/h3-4,7-10H,1-2,5-6H2. The van der Waals surface area contributed by atoms with Gasteiger partial charge in [-0.1, -0.05) is 58.6 Å². The molecule has 1 aliphatic carbocycles. The molecule has 1 heterocycles. The Balaban J connectivity index is 2.04. The van der Waals surface area contributed by atoms with Crippen molar-refractivity contribution in [2.75, 3.05) is 0 Å². The fraction of sp³-hybridized carbons (Fsp3) is 0.333. The Morgan fingerprint density at radius 2 is 1.84 bits per heavy atom. The van der Waals surface area contributed by atoms with E-state index in [0.717, 1.165) is 15.7 Å². The lowest BCUT2D eigenvalue weighted by Crippen LogP contribution is -2.00. The number of halogens is 2. The Bertz CT molecular complexity index is 594. The molecule has 0 amide bonds. The van der Waals surface area contributed by atoms with Gasteiger partial charge in [-0.2, -0.15) is 0 Å². The van der Waals surface area contributed by atoms with Gasteiger partial charge in [0.25, 0.3) is 0 Å². The van der Waals surface area contributed by atoms with Crippen LogP contribution in [-0.2, 0) is 0 Å². The summed E-state index contributed by atoms with van der Waals surface area (Å²) < 4.78 is 0.995. The Labute approximate surface area is 126 Å². The molecule has 0 radical (unpaired) electrons. The molecule has 0 bridgehead atoms. The molecule has 0 unspecified atom stereocenters. The van der Waals surface area contributed by atoms with Crippen LogP contribution in [0.2, 0.25) is 5.15 Å². The predicted molar refractivity (Wildman–Crippen MR) is 81.4 cm³/mol. The molecule has 0 atom stereocenters. The minimum atomic E-state index is 0.530. The van der Waals surface area contributed by atoms with Crippen molar-refractivity contribution in [1.29, 1.82) is 0 Å². The third kappa shape index (κ3) is 2.82. The lowest BCUT2D eigenvalue weighted by Gasteiger charge is -2.11. The second-order valence-corrected chi connectivity index (χ2v) is 6.14. The summed E-state index contributed by atoms with van der Waals surface area (Å²) >= 11 is 9.71. The Morgan fingerprint density at radius 1 is 1.11 bits per heavy atom. The van der Waals surface area contributed by atoms with Gasteiger partial charge in [-0.15, -0.1) is 0 Å². The third-order valence-corrected chi connectivity index (χ3v) is 4.49. The zero-order valence-corrected chi connectivity index (χ0v) is 12.8. The summed E-state index contributed by atoms with van der Waals surface area (Å²) in [4.78, 5) is 9.08. The summed E-state index contributed by atoms with van der Waals surface area (Å²) in [7, 11) is 0. The number of hydrogen-bond acceptors (Lipinski definition) is 2. The molecule has 1 fully saturated rings. The molecule has 1 aromatic carbocycles. The zero-order chi connectivity index (χ0) is 13.2. The van der Waals surface area contributed by atoms with Gasteiger partial charge in [0.2, 0.25) is 0 Å². The van der Waals surface area contributed by atoms with Crippen LogP contribution in [0.15, 0.2) is 34.8 Å². The van der Waals surface area contributed by atoms with Gasteiger partial charge in [0.1, 0.15) is 5.15 Å². The summed E-state index contributed by atoms with van der Waals surface area (Å²) in [6.45, 7) is 0. The van der Waals surface area contributed by atoms with Crippen LogP contribution in [0.3, 0.4) is 0 Å². The third-order valence-electron chi connectivity index (χ3n) is 3.60. The molecular weight excluding hydrogens is 324 g/mol. The second kappa shape index (κ2) is 5.59. The van der Waals surface area contributed by atoms with Gasteiger partial charge in [-0.25, -0.2) is 9.97 Å². The average molecular weight is 338 g/mol. The molecule has 4 heteroatoms. The van der Waals surface area contributed by atoms with Crippen molar-refractivity contribution in [3.8, 4) is 11.4 Å². The molecule has 1 aliphatic rings. The van der Waals surface area contributed by atoms with Gasteiger partial charge in [-0.05, 0) is 25.0 Å². The highest BCUT2D eigenvalue weighted by molar-refractivity contribution is 9.10. The molecule has 0 saturated heterocycles. The first-order valence-corrected chi connectivity index (χ1v) is 7.70. The zero-order valence-electron chi connectivity index (χ0n) is 10.4. The molecule has 1 saturated carbocycles. The fourth-order valence-electron chi connectivity index (χ4n) is 2.63. The van der Waals surface area contributed by atoms with Crippen molar-refractivity contribution < 1.29 is 0 Å². The lowest BCUT2D eigenvalue weighted by molar-refractivity contribution is 0.695. The van der Waals surface area contributed by atoms with Gasteiger partial charge in [-0.3, -0.25) is 0 Å². The first-order valence-electron chi connectivity index (χ1n) is 6.53. The van der Waals surface area contributed by atoms with E-state index in [-0.39, 0.29) is 0 Å². The lowest BCUT2D eigenvalue weighted by atomic mass is 10.0. The Hall–Kier alpha value is -0.930. The van der Waals surface area contributed by atoms with E-state index in [2.05, 4.69) is 20.9 Å². The van der Waals surface area contributed by atoms with E-state index in [1.54, 1.807) is 0 Å². The summed E-state index contributed by atoms with van der Waals surface area (Å²) in [6, 6.07) is 9.89. The van der Waals surface area contributed by atoms with Gasteiger partial charge in [0, 0.05) is 21.6 Å². The van der Waals surface area contributed by atoms with Crippen molar-refractivity contribution in [1.82, 2.24) is 9.97 Å². The van der Waals surface area contributed by atoms with E-state index in [1.165, 1.54) is 25.7 Å². The largest absolute Gasteiger partial charge is 0.233 e. The molecule has 0 N–H and O–H groups in total. The minimum absolute atomic E-state index is 0.530. The van der Waals surface area contributed by atoms with Crippen LogP contribution < -0.4 is 0 Å². The van der Waals surface area contributed by atoms with Crippen molar-refractivity contribution in [2.45, 2.75) is 31.6 Å². The van der Waals surface area contributed by atoms with E-state index in [4.69, 9.17) is 16.6 Å². The topological polar surface area (TPSA) is 25.8 Å². The van der Waals surface area contributed by atoms with Crippen molar-refractivity contribution in [3.63, 3.8) is 0 Å². The van der Waals surface area contributed by atoms with E-state index >= 15 is 0 Å². The molecular formula is C15H14BrClN2. The summed E-state index contributed by atoms with van der Waals surface area (Å²) in [5, 5.41) is 0.530. The molecule has 98 valence electrons. The van der Waals surface area contributed by atoms with E-state index in [1.807, 2.05) is 30.3 Å². The summed E-state index contributed by atoms with van der Waals surface area (Å²) in [5.74, 6) is 1.25. The number of aromatic nitrogens is 2. The van der Waals surface area contributed by atoms with Crippen LogP contribution in [0.25, 0.3) is 11.4 Å². The summed E-state index contributed by atoms with van der Waals surface area (Å²) in [5.41, 5.74) is 2.08. The van der Waals surface area contributed by atoms with Crippen LogP contribution in [0.1, 0.15) is 37.3 Å². The fourth-order valence-corrected chi connectivity index (χ4v) is 3.28. The monoisotopic (exact) mass is 336 g/mol. The number of hydrogen-bond donors (Lipinski definition) is 0. The van der Waals surface area contributed by atoms with Gasteiger partial charge in [0.15, 0.2) is 5.82 Å². The Morgan fingerprint density at radius 3 is 2.58 bits per heavy atom. The molecule has 1 aromatic heterocycles. The SMILES string of the molecule is Clc1cc(C2CCCC2)nc(-c2ccccc2Br)n1. The molecule has 0 aliphatic heterocycles. The van der Waals surface area contributed by atoms with Gasteiger partial charge >= 0.3 is 0 Å². The smallest absolute Gasteiger partial charge is 0.162 e. The highest BCUT2D eigenvalue weighted by Gasteiger charge is 2.20. The quantitative estimate of drug-likeness (QED) is 0.702. The molecule has 2 nitrogen and oxygen atoms in total. The maximum absolute atomic E-state index is 6.16. The molecule has 2 aromatic rings. The predicted octanol–water partition coefficient (Wildman–Crippen LogP) is 5.22. The highest BCUT2D eigenvalue weighted by Crippen LogP contribution is 2.35. The van der Waals surface area contributed by atoms with Crippen LogP contribution >= 0.6 is 27.5 Å². The van der Waals surface area contributed by atoms with Crippen molar-refractivity contribution in [2.24, 2.45) is 0 Å². The number of nitrogens with zero attached hydrogens (tertiary/aromatic N) is 2. The maximum Gasteiger partial charge on any atom is 0.162 e. The van der Waals surface area contributed by atoms with Crippen LogP contribution in [0, 0.1) is 0 Å². The first kappa shape index (κ1) is 13.1. The Kier molecular flexibility index (Phi) is 3.85. The highest BCUT2D eigenvalue weighted by atomic mass is 79.9. The normalized spacial score (nSPS) is 15.9. The summed E-state index contributed by atoms with van der Waals surface area (Å²) in [6.07, 6.45) is 5.00. The van der Waals surface area contributed by atoms with E-state index in [9.17, 15) is 0 Å². The van der Waals surface area contributed by atoms with Crippen LogP contribution in [0.5, 0.6) is 0 Å². The minimum Gasteiger partial charge on any atom is -0.233 e. The van der Waals surface area contributed by atoms with Crippen LogP contribution in [-0.4, -0.2) is 9.97 Å². The first-order chi connectivity index (χ1) is 9.24. The van der Waals surface area contributed by atoms with Gasteiger partial charge in [0.05, 0.1) is 0 Å². The molecule has 19 heavy (non-hydrogen) atoms.